The van der Waals surface area contributed by atoms with Gasteiger partial charge >= 0.3 is 5.69 Å². The van der Waals surface area contributed by atoms with Crippen molar-refractivity contribution in [2.75, 3.05) is 5.32 Å². The van der Waals surface area contributed by atoms with Gasteiger partial charge in [-0.15, -0.1) is 0 Å². The van der Waals surface area contributed by atoms with Gasteiger partial charge in [0.25, 0.3) is 5.91 Å². The molecule has 1 aromatic carbocycles. The van der Waals surface area contributed by atoms with Crippen LogP contribution in [0.3, 0.4) is 0 Å². The maximum absolute atomic E-state index is 12.3. The van der Waals surface area contributed by atoms with Crippen LogP contribution in [0.4, 0.5) is 11.4 Å². The van der Waals surface area contributed by atoms with Crippen LogP contribution in [-0.4, -0.2) is 15.8 Å². The number of rotatable bonds is 3. The summed E-state index contributed by atoms with van der Waals surface area (Å²) < 4.78 is 0. The summed E-state index contributed by atoms with van der Waals surface area (Å²) in [5.74, 6) is -0.594. The molecule has 21 heavy (non-hydrogen) atoms. The topological polar surface area (TPSA) is 85.1 Å². The third kappa shape index (κ3) is 3.00. The van der Waals surface area contributed by atoms with Gasteiger partial charge in [-0.05, 0) is 31.0 Å². The van der Waals surface area contributed by atoms with Crippen LogP contribution in [0.15, 0.2) is 30.5 Å². The van der Waals surface area contributed by atoms with E-state index in [2.05, 4.69) is 10.3 Å². The molecule has 0 spiro atoms. The van der Waals surface area contributed by atoms with Crippen molar-refractivity contribution in [2.24, 2.45) is 0 Å². The van der Waals surface area contributed by atoms with Gasteiger partial charge in [-0.1, -0.05) is 29.8 Å². The molecule has 0 unspecified atom stereocenters. The van der Waals surface area contributed by atoms with Crippen molar-refractivity contribution >= 4 is 28.9 Å². The number of aromatic nitrogens is 1. The first-order chi connectivity index (χ1) is 9.91. The Bertz CT molecular complexity index is 711. The third-order valence-corrected chi connectivity index (χ3v) is 3.30. The number of halogens is 1. The van der Waals surface area contributed by atoms with Crippen LogP contribution >= 0.6 is 11.6 Å². The van der Waals surface area contributed by atoms with Crippen molar-refractivity contribution in [1.29, 1.82) is 0 Å². The standard InChI is InChI=1S/C14H12ClN3O3/c1-8-4-3-5-9(2)11(8)17-14(19)10-6-7-16-13(15)12(10)18(20)21/h3-7H,1-2H3,(H,17,19). The maximum atomic E-state index is 12.3. The fraction of sp³-hybridized carbons (Fsp3) is 0.143. The molecule has 0 saturated carbocycles. The number of nitrogens with one attached hydrogen (secondary N) is 1. The number of nitrogens with zero attached hydrogens (tertiary/aromatic N) is 2. The van der Waals surface area contributed by atoms with Gasteiger partial charge in [-0.3, -0.25) is 14.9 Å². The number of aryl methyl sites for hydroxylation is 2. The highest BCUT2D eigenvalue weighted by Gasteiger charge is 2.25. The number of hydrogen-bond donors (Lipinski definition) is 1. The van der Waals surface area contributed by atoms with E-state index < -0.39 is 16.5 Å². The molecule has 0 aliphatic heterocycles. The molecule has 7 heteroatoms. The summed E-state index contributed by atoms with van der Waals surface area (Å²) in [5, 5.41) is 13.4. The van der Waals surface area contributed by atoms with E-state index in [0.29, 0.717) is 5.69 Å². The number of hydrogen-bond acceptors (Lipinski definition) is 4. The smallest absolute Gasteiger partial charge is 0.319 e. The van der Waals surface area contributed by atoms with E-state index in [1.165, 1.54) is 12.3 Å². The highest BCUT2D eigenvalue weighted by Crippen LogP contribution is 2.27. The molecule has 6 nitrogen and oxygen atoms in total. The van der Waals surface area contributed by atoms with E-state index in [4.69, 9.17) is 11.6 Å². The van der Waals surface area contributed by atoms with Crippen LogP contribution in [0, 0.1) is 24.0 Å². The Morgan fingerprint density at radius 2 is 1.90 bits per heavy atom. The van der Waals surface area contributed by atoms with E-state index in [1.54, 1.807) is 0 Å². The van der Waals surface area contributed by atoms with Gasteiger partial charge in [0.15, 0.2) is 0 Å². The molecular formula is C14H12ClN3O3. The Hall–Kier alpha value is -2.47. The molecule has 108 valence electrons. The van der Waals surface area contributed by atoms with Crippen LogP contribution in [-0.2, 0) is 0 Å². The lowest BCUT2D eigenvalue weighted by Gasteiger charge is -2.11. The van der Waals surface area contributed by atoms with Crippen molar-refractivity contribution in [2.45, 2.75) is 13.8 Å². The van der Waals surface area contributed by atoms with Crippen molar-refractivity contribution in [1.82, 2.24) is 4.98 Å². The summed E-state index contributed by atoms with van der Waals surface area (Å²) in [6.45, 7) is 3.69. The molecule has 0 aliphatic rings. The molecule has 1 amide bonds. The van der Waals surface area contributed by atoms with E-state index in [-0.39, 0.29) is 10.7 Å². The first-order valence-corrected chi connectivity index (χ1v) is 6.46. The van der Waals surface area contributed by atoms with Crippen molar-refractivity contribution in [3.63, 3.8) is 0 Å². The van der Waals surface area contributed by atoms with Gasteiger partial charge in [0.1, 0.15) is 5.56 Å². The number of carbonyl (C=O) groups is 1. The molecule has 0 atom stereocenters. The van der Waals surface area contributed by atoms with Crippen LogP contribution in [0.1, 0.15) is 21.5 Å². The SMILES string of the molecule is Cc1cccc(C)c1NC(=O)c1ccnc(Cl)c1[N+](=O)[O-]. The zero-order chi connectivity index (χ0) is 15.6. The average molecular weight is 306 g/mol. The number of benzene rings is 1. The van der Waals surface area contributed by atoms with Gasteiger partial charge in [-0.25, -0.2) is 4.98 Å². The first kappa shape index (κ1) is 14.9. The number of carbonyl (C=O) groups excluding carboxylic acids is 1. The minimum absolute atomic E-state index is 0.123. The minimum atomic E-state index is -0.713. The van der Waals surface area contributed by atoms with Crippen LogP contribution in [0.5, 0.6) is 0 Å². The monoisotopic (exact) mass is 305 g/mol. The van der Waals surface area contributed by atoms with E-state index in [9.17, 15) is 14.9 Å². The summed E-state index contributed by atoms with van der Waals surface area (Å²) in [7, 11) is 0. The molecule has 0 fully saturated rings. The molecule has 0 saturated heterocycles. The zero-order valence-corrected chi connectivity index (χ0v) is 12.1. The number of anilines is 1. The number of pyridine rings is 1. The summed E-state index contributed by atoms with van der Waals surface area (Å²) in [6.07, 6.45) is 1.26. The zero-order valence-electron chi connectivity index (χ0n) is 11.4. The van der Waals surface area contributed by atoms with Gasteiger partial charge in [-0.2, -0.15) is 0 Å². The molecule has 0 radical (unpaired) electrons. The van der Waals surface area contributed by atoms with Crippen LogP contribution < -0.4 is 5.32 Å². The number of nitro groups is 1. The predicted octanol–water partition coefficient (Wildman–Crippen LogP) is 3.51. The van der Waals surface area contributed by atoms with Crippen LogP contribution in [0.2, 0.25) is 5.15 Å². The first-order valence-electron chi connectivity index (χ1n) is 6.08. The minimum Gasteiger partial charge on any atom is -0.321 e. The Morgan fingerprint density at radius 1 is 1.29 bits per heavy atom. The highest BCUT2D eigenvalue weighted by molar-refractivity contribution is 6.32. The van der Waals surface area contributed by atoms with Gasteiger partial charge in [0.2, 0.25) is 5.15 Å². The van der Waals surface area contributed by atoms with Crippen molar-refractivity contribution < 1.29 is 9.72 Å². The van der Waals surface area contributed by atoms with Gasteiger partial charge in [0.05, 0.1) is 4.92 Å². The van der Waals surface area contributed by atoms with E-state index >= 15 is 0 Å². The fourth-order valence-electron chi connectivity index (χ4n) is 1.98. The Kier molecular flexibility index (Phi) is 4.18. The summed E-state index contributed by atoms with van der Waals surface area (Å²) >= 11 is 5.70. The van der Waals surface area contributed by atoms with Crippen molar-refractivity contribution in [3.05, 3.63) is 62.4 Å². The Labute approximate surface area is 125 Å². The van der Waals surface area contributed by atoms with E-state index in [0.717, 1.165) is 11.1 Å². The lowest BCUT2D eigenvalue weighted by molar-refractivity contribution is -0.385. The maximum Gasteiger partial charge on any atom is 0.319 e. The second-order valence-corrected chi connectivity index (χ2v) is 4.83. The quantitative estimate of drug-likeness (QED) is 0.534. The summed E-state index contributed by atoms with van der Waals surface area (Å²) in [6, 6.07) is 6.83. The van der Waals surface area contributed by atoms with Gasteiger partial charge < -0.3 is 5.32 Å². The summed E-state index contributed by atoms with van der Waals surface area (Å²) in [5.41, 5.74) is 1.74. The molecule has 0 bridgehead atoms. The highest BCUT2D eigenvalue weighted by atomic mass is 35.5. The molecule has 2 rings (SSSR count). The molecule has 0 aliphatic carbocycles. The van der Waals surface area contributed by atoms with Gasteiger partial charge in [0, 0.05) is 11.9 Å². The normalized spacial score (nSPS) is 10.2. The summed E-state index contributed by atoms with van der Waals surface area (Å²) in [4.78, 5) is 26.2. The fourth-order valence-corrected chi connectivity index (χ4v) is 2.20. The second kappa shape index (κ2) is 5.88. The molecule has 2 aromatic rings. The molecule has 1 aromatic heterocycles. The lowest BCUT2D eigenvalue weighted by atomic mass is 10.1. The molecule has 1 heterocycles. The Balaban J connectivity index is 2.43. The number of para-hydroxylation sites is 1. The predicted molar refractivity (Wildman–Crippen MR) is 79.8 cm³/mol. The van der Waals surface area contributed by atoms with E-state index in [1.807, 2.05) is 32.0 Å². The largest absolute Gasteiger partial charge is 0.321 e. The number of amides is 1. The third-order valence-electron chi connectivity index (χ3n) is 3.03. The lowest BCUT2D eigenvalue weighted by Crippen LogP contribution is -2.16. The Morgan fingerprint density at radius 3 is 2.48 bits per heavy atom. The molecule has 1 N–H and O–H groups in total. The second-order valence-electron chi connectivity index (χ2n) is 4.48. The van der Waals surface area contributed by atoms with Crippen LogP contribution in [0.25, 0.3) is 0 Å². The van der Waals surface area contributed by atoms with Crippen molar-refractivity contribution in [3.8, 4) is 0 Å². The molecular weight excluding hydrogens is 294 g/mol. The average Bonchev–Trinajstić information content (AvgIpc) is 2.42.